The van der Waals surface area contributed by atoms with Crippen molar-refractivity contribution in [2.75, 3.05) is 31.1 Å². The van der Waals surface area contributed by atoms with E-state index in [1.807, 2.05) is 0 Å². The standard InChI is InChI=1S/C17H17F3N4O4S/c1-10(25)23-4-6-24(7-5-23)14-8-13(17(18,19)20)21-16(22-14)29-9-11-2-3-12(28-11)15(26)27/h2-3,8H,4-7,9H2,1H3,(H,26,27). The van der Waals surface area contributed by atoms with Crippen LogP contribution in [0, 0.1) is 0 Å². The number of alkyl halides is 3. The van der Waals surface area contributed by atoms with Gasteiger partial charge in [-0.15, -0.1) is 0 Å². The summed E-state index contributed by atoms with van der Waals surface area (Å²) in [5, 5.41) is 8.76. The number of aromatic carboxylic acids is 1. The molecule has 8 nitrogen and oxygen atoms in total. The van der Waals surface area contributed by atoms with Crippen LogP contribution in [-0.2, 0) is 16.7 Å². The minimum Gasteiger partial charge on any atom is -0.475 e. The zero-order valence-electron chi connectivity index (χ0n) is 15.3. The van der Waals surface area contributed by atoms with Crippen LogP contribution < -0.4 is 4.90 Å². The van der Waals surface area contributed by atoms with Crippen LogP contribution in [0.3, 0.4) is 0 Å². The number of rotatable bonds is 5. The third-order valence-corrected chi connectivity index (χ3v) is 5.12. The normalized spacial score (nSPS) is 14.9. The smallest absolute Gasteiger partial charge is 0.433 e. The molecule has 0 aliphatic carbocycles. The predicted octanol–water partition coefficient (Wildman–Crippen LogP) is 2.75. The van der Waals surface area contributed by atoms with Crippen molar-refractivity contribution >= 4 is 29.5 Å². The summed E-state index contributed by atoms with van der Waals surface area (Å²) in [5.74, 6) is -1.09. The summed E-state index contributed by atoms with van der Waals surface area (Å²) >= 11 is 0.912. The maximum absolute atomic E-state index is 13.3. The van der Waals surface area contributed by atoms with E-state index in [2.05, 4.69) is 9.97 Å². The van der Waals surface area contributed by atoms with Crippen molar-refractivity contribution in [1.82, 2.24) is 14.9 Å². The van der Waals surface area contributed by atoms with Gasteiger partial charge < -0.3 is 19.3 Å². The Balaban J connectivity index is 1.78. The fourth-order valence-corrected chi connectivity index (χ4v) is 3.49. The molecule has 0 aromatic carbocycles. The number of hydrogen-bond donors (Lipinski definition) is 1. The minimum absolute atomic E-state index is 0.0755. The van der Waals surface area contributed by atoms with Crippen molar-refractivity contribution in [2.24, 2.45) is 0 Å². The number of aromatic nitrogens is 2. The van der Waals surface area contributed by atoms with Crippen molar-refractivity contribution in [3.05, 3.63) is 35.4 Å². The van der Waals surface area contributed by atoms with Crippen molar-refractivity contribution in [3.8, 4) is 0 Å². The molecule has 1 aliphatic heterocycles. The molecule has 1 fully saturated rings. The quantitative estimate of drug-likeness (QED) is 0.571. The Morgan fingerprint density at radius 2 is 1.90 bits per heavy atom. The van der Waals surface area contributed by atoms with Crippen LogP contribution >= 0.6 is 11.8 Å². The van der Waals surface area contributed by atoms with Crippen molar-refractivity contribution in [2.45, 2.75) is 24.0 Å². The number of thioether (sulfide) groups is 1. The number of halogens is 3. The third kappa shape index (κ3) is 5.19. The second-order valence-electron chi connectivity index (χ2n) is 6.24. The first-order valence-corrected chi connectivity index (χ1v) is 9.53. The van der Waals surface area contributed by atoms with Gasteiger partial charge in [0.25, 0.3) is 0 Å². The van der Waals surface area contributed by atoms with E-state index in [9.17, 15) is 22.8 Å². The molecule has 156 valence electrons. The maximum atomic E-state index is 13.3. The zero-order valence-corrected chi connectivity index (χ0v) is 16.1. The summed E-state index contributed by atoms with van der Waals surface area (Å²) in [6.07, 6.45) is -4.64. The number of anilines is 1. The number of amides is 1. The van der Waals surface area contributed by atoms with Gasteiger partial charge in [-0.25, -0.2) is 14.8 Å². The van der Waals surface area contributed by atoms with E-state index in [0.29, 0.717) is 26.2 Å². The summed E-state index contributed by atoms with van der Waals surface area (Å²) in [7, 11) is 0. The second kappa shape index (κ2) is 8.31. The number of furan rings is 1. The second-order valence-corrected chi connectivity index (χ2v) is 7.19. The SMILES string of the molecule is CC(=O)N1CCN(c2cc(C(F)(F)F)nc(SCc3ccc(C(=O)O)o3)n2)CC1. The number of piperazine rings is 1. The number of carbonyl (C=O) groups excluding carboxylic acids is 1. The summed E-state index contributed by atoms with van der Waals surface area (Å²) in [5.41, 5.74) is -1.07. The maximum Gasteiger partial charge on any atom is 0.433 e. The molecule has 29 heavy (non-hydrogen) atoms. The monoisotopic (exact) mass is 430 g/mol. The number of carboxylic acid groups (broad SMARTS) is 1. The van der Waals surface area contributed by atoms with Gasteiger partial charge in [-0.2, -0.15) is 13.2 Å². The van der Waals surface area contributed by atoms with Gasteiger partial charge in [0.05, 0.1) is 5.75 Å². The van der Waals surface area contributed by atoms with Gasteiger partial charge >= 0.3 is 12.1 Å². The van der Waals surface area contributed by atoms with E-state index in [0.717, 1.165) is 17.8 Å². The molecular weight excluding hydrogens is 413 g/mol. The summed E-state index contributed by atoms with van der Waals surface area (Å²) < 4.78 is 45.0. The van der Waals surface area contributed by atoms with Crippen molar-refractivity contribution in [1.29, 1.82) is 0 Å². The van der Waals surface area contributed by atoms with E-state index < -0.39 is 17.8 Å². The van der Waals surface area contributed by atoms with Gasteiger partial charge in [-0.05, 0) is 12.1 Å². The van der Waals surface area contributed by atoms with Crippen LogP contribution in [0.15, 0.2) is 27.8 Å². The highest BCUT2D eigenvalue weighted by Gasteiger charge is 2.34. The van der Waals surface area contributed by atoms with E-state index in [4.69, 9.17) is 9.52 Å². The Kier molecular flexibility index (Phi) is 6.01. The molecular formula is C17H17F3N4O4S. The summed E-state index contributed by atoms with van der Waals surface area (Å²) in [4.78, 5) is 33.4. The largest absolute Gasteiger partial charge is 0.475 e. The highest BCUT2D eigenvalue weighted by atomic mass is 32.2. The molecule has 12 heteroatoms. The summed E-state index contributed by atoms with van der Waals surface area (Å²) in [6.45, 7) is 2.96. The van der Waals surface area contributed by atoms with Gasteiger partial charge in [-0.3, -0.25) is 4.79 Å². The molecule has 1 N–H and O–H groups in total. The first-order valence-electron chi connectivity index (χ1n) is 8.55. The number of nitrogens with zero attached hydrogens (tertiary/aromatic N) is 4. The lowest BCUT2D eigenvalue weighted by Crippen LogP contribution is -2.48. The first-order chi connectivity index (χ1) is 13.6. The molecule has 0 atom stereocenters. The Hall–Kier alpha value is -2.76. The van der Waals surface area contributed by atoms with E-state index in [-0.39, 0.29) is 34.2 Å². The van der Waals surface area contributed by atoms with Crippen molar-refractivity contribution in [3.63, 3.8) is 0 Å². The van der Waals surface area contributed by atoms with Gasteiger partial charge in [-0.1, -0.05) is 11.8 Å². The average Bonchev–Trinajstić information content (AvgIpc) is 3.15. The van der Waals surface area contributed by atoms with Crippen LogP contribution in [0.1, 0.15) is 28.9 Å². The molecule has 1 amide bonds. The van der Waals surface area contributed by atoms with Crippen LogP contribution in [-0.4, -0.2) is 58.0 Å². The fourth-order valence-electron chi connectivity index (χ4n) is 2.74. The van der Waals surface area contributed by atoms with E-state index >= 15 is 0 Å². The third-order valence-electron chi connectivity index (χ3n) is 4.25. The Morgan fingerprint density at radius 1 is 1.21 bits per heavy atom. The highest BCUT2D eigenvalue weighted by molar-refractivity contribution is 7.98. The number of hydrogen-bond acceptors (Lipinski definition) is 7. The minimum atomic E-state index is -4.64. The van der Waals surface area contributed by atoms with Crippen LogP contribution in [0.4, 0.5) is 19.0 Å². The van der Waals surface area contributed by atoms with Crippen LogP contribution in [0.25, 0.3) is 0 Å². The molecule has 0 saturated carbocycles. The van der Waals surface area contributed by atoms with E-state index in [1.165, 1.54) is 19.1 Å². The van der Waals surface area contributed by atoms with Crippen LogP contribution in [0.2, 0.25) is 0 Å². The summed E-state index contributed by atoms with van der Waals surface area (Å²) in [6, 6.07) is 3.60. The molecule has 3 heterocycles. The molecule has 2 aromatic rings. The molecule has 0 radical (unpaired) electrons. The Morgan fingerprint density at radius 3 is 2.45 bits per heavy atom. The predicted molar refractivity (Wildman–Crippen MR) is 96.7 cm³/mol. The lowest BCUT2D eigenvalue weighted by Gasteiger charge is -2.35. The molecule has 0 spiro atoms. The Bertz CT molecular complexity index is 910. The molecule has 3 rings (SSSR count). The van der Waals surface area contributed by atoms with Gasteiger partial charge in [0.1, 0.15) is 11.6 Å². The highest BCUT2D eigenvalue weighted by Crippen LogP contribution is 2.32. The van der Waals surface area contributed by atoms with Crippen molar-refractivity contribution < 1.29 is 32.3 Å². The molecule has 2 aromatic heterocycles. The number of carboxylic acids is 1. The molecule has 0 bridgehead atoms. The number of carbonyl (C=O) groups is 2. The van der Waals surface area contributed by atoms with Crippen LogP contribution in [0.5, 0.6) is 0 Å². The lowest BCUT2D eigenvalue weighted by molar-refractivity contribution is -0.141. The van der Waals surface area contributed by atoms with Gasteiger partial charge in [0, 0.05) is 39.2 Å². The molecule has 0 unspecified atom stereocenters. The average molecular weight is 430 g/mol. The first kappa shape index (κ1) is 21.0. The zero-order chi connectivity index (χ0) is 21.2. The lowest BCUT2D eigenvalue weighted by atomic mass is 10.3. The molecule has 1 aliphatic rings. The topological polar surface area (TPSA) is 99.8 Å². The van der Waals surface area contributed by atoms with Gasteiger partial charge in [0.2, 0.25) is 11.7 Å². The van der Waals surface area contributed by atoms with Gasteiger partial charge in [0.15, 0.2) is 10.9 Å². The Labute approximate surface area is 167 Å². The molecule has 1 saturated heterocycles. The van der Waals surface area contributed by atoms with E-state index in [1.54, 1.807) is 9.80 Å². The fraction of sp³-hybridized carbons (Fsp3) is 0.412.